The van der Waals surface area contributed by atoms with Gasteiger partial charge in [-0.15, -0.1) is 0 Å². The minimum absolute atomic E-state index is 0.188. The number of benzene rings is 1. The average molecular weight is 437 g/mol. The van der Waals surface area contributed by atoms with Gasteiger partial charge in [0.2, 0.25) is 0 Å². The molecule has 1 aromatic carbocycles. The fraction of sp³-hybridized carbons (Fsp3) is 0.455. The predicted octanol–water partition coefficient (Wildman–Crippen LogP) is 5.08. The lowest BCUT2D eigenvalue weighted by Crippen LogP contribution is -2.46. The zero-order chi connectivity index (χ0) is 20.2. The molecule has 1 aromatic rings. The van der Waals surface area contributed by atoms with E-state index in [-0.39, 0.29) is 5.83 Å². The Labute approximate surface area is 182 Å². The highest BCUT2D eigenvalue weighted by Gasteiger charge is 2.23. The van der Waals surface area contributed by atoms with Crippen molar-refractivity contribution in [1.82, 2.24) is 14.9 Å². The molecule has 0 amide bonds. The molecule has 0 aliphatic carbocycles. The van der Waals surface area contributed by atoms with E-state index in [0.29, 0.717) is 10.0 Å². The molecule has 7 heteroatoms. The average Bonchev–Trinajstić information content (AvgIpc) is 3.12. The van der Waals surface area contributed by atoms with Crippen LogP contribution in [0.4, 0.5) is 10.1 Å². The molecule has 3 aliphatic heterocycles. The molecule has 0 saturated carbocycles. The van der Waals surface area contributed by atoms with Crippen LogP contribution in [0.15, 0.2) is 54.2 Å². The van der Waals surface area contributed by atoms with Crippen molar-refractivity contribution in [3.63, 3.8) is 0 Å². The van der Waals surface area contributed by atoms with Crippen molar-refractivity contribution in [1.29, 1.82) is 0 Å². The van der Waals surface area contributed by atoms with Gasteiger partial charge < -0.3 is 4.90 Å². The highest BCUT2D eigenvalue weighted by atomic mass is 35.5. The van der Waals surface area contributed by atoms with Crippen LogP contribution in [-0.4, -0.2) is 60.7 Å². The number of rotatable bonds is 7. The van der Waals surface area contributed by atoms with Crippen molar-refractivity contribution >= 4 is 28.9 Å². The van der Waals surface area contributed by atoms with Crippen LogP contribution in [0.25, 0.3) is 0 Å². The third-order valence-electron chi connectivity index (χ3n) is 5.77. The van der Waals surface area contributed by atoms with E-state index in [2.05, 4.69) is 20.9 Å². The molecule has 0 spiro atoms. The third-order valence-corrected chi connectivity index (χ3v) is 6.58. The maximum atomic E-state index is 13.5. The third kappa shape index (κ3) is 4.97. The van der Waals surface area contributed by atoms with Crippen LogP contribution >= 0.6 is 23.2 Å². The predicted molar refractivity (Wildman–Crippen MR) is 119 cm³/mol. The number of halogens is 3. The summed E-state index contributed by atoms with van der Waals surface area (Å²) in [5, 5.41) is 5.41. The fourth-order valence-corrected chi connectivity index (χ4v) is 4.54. The number of hydrazine groups is 1. The number of hydrogen-bond donors (Lipinski definition) is 0. The molecular formula is C22H27Cl2FN4. The molecule has 0 atom stereocenters. The number of nitrogens with zero attached hydrogens (tertiary/aromatic N) is 4. The lowest BCUT2D eigenvalue weighted by Gasteiger charge is -2.36. The van der Waals surface area contributed by atoms with E-state index in [1.54, 1.807) is 6.20 Å². The molecule has 0 bridgehead atoms. The van der Waals surface area contributed by atoms with Crippen molar-refractivity contribution in [2.45, 2.75) is 19.3 Å². The molecule has 1 fully saturated rings. The SMILES string of the molecule is FC1=CN2C(=CCN2CCCCCN2CCN(c3cccc(Cl)c3Cl)CC2)C=C1. The Morgan fingerprint density at radius 3 is 2.55 bits per heavy atom. The molecule has 0 unspecified atom stereocenters. The van der Waals surface area contributed by atoms with Gasteiger partial charge in [0.25, 0.3) is 0 Å². The largest absolute Gasteiger partial charge is 0.368 e. The summed E-state index contributed by atoms with van der Waals surface area (Å²) in [6.45, 7) is 6.99. The summed E-state index contributed by atoms with van der Waals surface area (Å²) in [4.78, 5) is 4.85. The van der Waals surface area contributed by atoms with Crippen LogP contribution < -0.4 is 4.90 Å². The molecule has 0 radical (unpaired) electrons. The molecule has 156 valence electrons. The van der Waals surface area contributed by atoms with Crippen LogP contribution in [-0.2, 0) is 0 Å². The zero-order valence-corrected chi connectivity index (χ0v) is 18.0. The van der Waals surface area contributed by atoms with E-state index >= 15 is 0 Å². The zero-order valence-electron chi connectivity index (χ0n) is 16.5. The van der Waals surface area contributed by atoms with Crippen molar-refractivity contribution in [2.24, 2.45) is 0 Å². The number of hydrogen-bond acceptors (Lipinski definition) is 4. The maximum absolute atomic E-state index is 13.5. The van der Waals surface area contributed by atoms with Gasteiger partial charge in [0, 0.05) is 39.3 Å². The lowest BCUT2D eigenvalue weighted by atomic mass is 10.2. The number of fused-ring (bicyclic) bond motifs is 1. The van der Waals surface area contributed by atoms with Crippen molar-refractivity contribution < 1.29 is 4.39 Å². The fourth-order valence-electron chi connectivity index (χ4n) is 4.12. The molecule has 1 saturated heterocycles. The molecule has 0 aromatic heterocycles. The molecular weight excluding hydrogens is 410 g/mol. The summed E-state index contributed by atoms with van der Waals surface area (Å²) in [5.74, 6) is -0.188. The second-order valence-electron chi connectivity index (χ2n) is 7.70. The Hall–Kier alpha value is -1.53. The Morgan fingerprint density at radius 2 is 1.72 bits per heavy atom. The van der Waals surface area contributed by atoms with E-state index in [1.807, 2.05) is 29.3 Å². The van der Waals surface area contributed by atoms with Crippen LogP contribution in [0.3, 0.4) is 0 Å². The first-order valence-electron chi connectivity index (χ1n) is 10.3. The van der Waals surface area contributed by atoms with Crippen LogP contribution in [0.5, 0.6) is 0 Å². The summed E-state index contributed by atoms with van der Waals surface area (Å²) < 4.78 is 13.5. The van der Waals surface area contributed by atoms with Gasteiger partial charge in [-0.3, -0.25) is 9.91 Å². The number of unbranched alkanes of at least 4 members (excludes halogenated alkanes) is 2. The van der Waals surface area contributed by atoms with Gasteiger partial charge >= 0.3 is 0 Å². The number of allylic oxidation sites excluding steroid dienone is 3. The van der Waals surface area contributed by atoms with Gasteiger partial charge in [-0.25, -0.2) is 9.40 Å². The molecule has 4 rings (SSSR count). The Kier molecular flexibility index (Phi) is 6.81. The summed E-state index contributed by atoms with van der Waals surface area (Å²) in [7, 11) is 0. The van der Waals surface area contributed by atoms with Gasteiger partial charge in [0.1, 0.15) is 5.83 Å². The topological polar surface area (TPSA) is 13.0 Å². The Bertz CT molecular complexity index is 815. The molecule has 3 heterocycles. The highest BCUT2D eigenvalue weighted by molar-refractivity contribution is 6.43. The summed E-state index contributed by atoms with van der Waals surface area (Å²) in [5.41, 5.74) is 2.11. The molecule has 29 heavy (non-hydrogen) atoms. The summed E-state index contributed by atoms with van der Waals surface area (Å²) >= 11 is 12.5. The summed E-state index contributed by atoms with van der Waals surface area (Å²) in [6, 6.07) is 5.83. The van der Waals surface area contributed by atoms with E-state index in [1.165, 1.54) is 18.9 Å². The van der Waals surface area contributed by atoms with Crippen LogP contribution in [0, 0.1) is 0 Å². The first-order chi connectivity index (χ1) is 14.1. The highest BCUT2D eigenvalue weighted by Crippen LogP contribution is 2.33. The maximum Gasteiger partial charge on any atom is 0.141 e. The van der Waals surface area contributed by atoms with E-state index in [0.717, 1.165) is 63.6 Å². The van der Waals surface area contributed by atoms with E-state index in [9.17, 15) is 4.39 Å². The molecule has 4 nitrogen and oxygen atoms in total. The number of anilines is 1. The first kappa shape index (κ1) is 20.7. The minimum atomic E-state index is -0.188. The number of piperazine rings is 1. The van der Waals surface area contributed by atoms with Crippen molar-refractivity contribution in [3.05, 3.63) is 64.2 Å². The van der Waals surface area contributed by atoms with Gasteiger partial charge in [0.05, 0.1) is 27.6 Å². The smallest absolute Gasteiger partial charge is 0.141 e. The summed E-state index contributed by atoms with van der Waals surface area (Å²) in [6.07, 6.45) is 10.6. The van der Waals surface area contributed by atoms with E-state index in [4.69, 9.17) is 23.2 Å². The van der Waals surface area contributed by atoms with Crippen LogP contribution in [0.2, 0.25) is 10.0 Å². The Morgan fingerprint density at radius 1 is 0.931 bits per heavy atom. The monoisotopic (exact) mass is 436 g/mol. The van der Waals surface area contributed by atoms with Gasteiger partial charge in [-0.05, 0) is 49.7 Å². The lowest BCUT2D eigenvalue weighted by molar-refractivity contribution is 0.0880. The second kappa shape index (κ2) is 9.52. The quantitative estimate of drug-likeness (QED) is 0.552. The van der Waals surface area contributed by atoms with Gasteiger partial charge in [-0.2, -0.15) is 0 Å². The second-order valence-corrected chi connectivity index (χ2v) is 8.48. The van der Waals surface area contributed by atoms with Crippen molar-refractivity contribution in [2.75, 3.05) is 50.7 Å². The van der Waals surface area contributed by atoms with Gasteiger partial charge in [0.15, 0.2) is 0 Å². The molecule has 3 aliphatic rings. The first-order valence-corrected chi connectivity index (χ1v) is 11.1. The molecule has 0 N–H and O–H groups in total. The standard InChI is InChI=1S/C22H27Cl2FN4/c23-20-5-4-6-21(22(20)24)27-15-13-26(14-16-27)10-2-1-3-11-28-12-9-19-8-7-18(25)17-29(19)28/h4-9,17H,1-3,10-16H2. The van der Waals surface area contributed by atoms with Crippen molar-refractivity contribution in [3.8, 4) is 0 Å². The minimum Gasteiger partial charge on any atom is -0.368 e. The van der Waals surface area contributed by atoms with Gasteiger partial charge in [-0.1, -0.05) is 35.7 Å². The normalized spacial score (nSPS) is 20.1. The van der Waals surface area contributed by atoms with Crippen LogP contribution in [0.1, 0.15) is 19.3 Å². The Balaban J connectivity index is 1.13. The van der Waals surface area contributed by atoms with E-state index < -0.39 is 0 Å².